The molecule has 0 N–H and O–H groups in total. The van der Waals surface area contributed by atoms with Crippen molar-refractivity contribution in [3.05, 3.63) is 46.3 Å². The van der Waals surface area contributed by atoms with E-state index in [1.54, 1.807) is 13.0 Å². The summed E-state index contributed by atoms with van der Waals surface area (Å²) in [5.41, 5.74) is 3.65. The number of benzene rings is 1. The molecule has 1 aromatic carbocycles. The van der Waals surface area contributed by atoms with E-state index in [0.717, 1.165) is 11.1 Å². The van der Waals surface area contributed by atoms with Gasteiger partial charge in [-0.25, -0.2) is 0 Å². The lowest BCUT2D eigenvalue weighted by Gasteiger charge is -2.15. The number of ketones is 1. The number of fused-ring (bicyclic) bond motifs is 1. The Morgan fingerprint density at radius 2 is 1.90 bits per heavy atom. The average molecular weight is 270 g/mol. The van der Waals surface area contributed by atoms with Crippen molar-refractivity contribution in [3.8, 4) is 0 Å². The van der Waals surface area contributed by atoms with Gasteiger partial charge < -0.3 is 4.52 Å². The van der Waals surface area contributed by atoms with Crippen molar-refractivity contribution in [1.82, 2.24) is 5.16 Å². The molecule has 0 spiro atoms. The predicted molar refractivity (Wildman–Crippen MR) is 72.7 cm³/mol. The Morgan fingerprint density at radius 1 is 1.15 bits per heavy atom. The number of rotatable bonds is 2. The molecule has 0 saturated carbocycles. The van der Waals surface area contributed by atoms with Crippen LogP contribution in [0.3, 0.4) is 0 Å². The first-order valence-electron chi connectivity index (χ1n) is 6.37. The van der Waals surface area contributed by atoms with Gasteiger partial charge >= 0.3 is 0 Å². The van der Waals surface area contributed by atoms with Crippen LogP contribution < -0.4 is 4.90 Å². The molecule has 102 valence electrons. The van der Waals surface area contributed by atoms with Crippen LogP contribution in [-0.4, -0.2) is 16.8 Å². The zero-order valence-corrected chi connectivity index (χ0v) is 11.6. The Balaban J connectivity index is 2.06. The van der Waals surface area contributed by atoms with Gasteiger partial charge in [-0.05, 0) is 38.0 Å². The number of hydrogen-bond acceptors (Lipinski definition) is 4. The SMILES string of the molecule is Cc1cc(C)c2c(c1)N(Cc1cc(C)on1)C(=O)C2=O. The smallest absolute Gasteiger partial charge is 0.299 e. The lowest BCUT2D eigenvalue weighted by Crippen LogP contribution is -2.29. The molecular formula is C15H14N2O3. The van der Waals surface area contributed by atoms with Crippen LogP contribution in [-0.2, 0) is 11.3 Å². The maximum absolute atomic E-state index is 12.2. The summed E-state index contributed by atoms with van der Waals surface area (Å²) in [5, 5.41) is 3.88. The third-order valence-electron chi connectivity index (χ3n) is 3.41. The summed E-state index contributed by atoms with van der Waals surface area (Å²) < 4.78 is 5.00. The van der Waals surface area contributed by atoms with Crippen molar-refractivity contribution < 1.29 is 14.1 Å². The van der Waals surface area contributed by atoms with Crippen molar-refractivity contribution in [2.75, 3.05) is 4.90 Å². The number of aromatic nitrogens is 1. The zero-order valence-electron chi connectivity index (χ0n) is 11.6. The van der Waals surface area contributed by atoms with Gasteiger partial charge in [0.1, 0.15) is 11.5 Å². The second-order valence-electron chi connectivity index (χ2n) is 5.13. The van der Waals surface area contributed by atoms with Crippen LogP contribution in [0.2, 0.25) is 0 Å². The van der Waals surface area contributed by atoms with Gasteiger partial charge in [0.2, 0.25) is 0 Å². The molecule has 0 bridgehead atoms. The number of carbonyl (C=O) groups is 2. The molecular weight excluding hydrogens is 256 g/mol. The summed E-state index contributed by atoms with van der Waals surface area (Å²) in [6.07, 6.45) is 0. The van der Waals surface area contributed by atoms with Gasteiger partial charge in [0.15, 0.2) is 0 Å². The van der Waals surface area contributed by atoms with E-state index in [1.807, 2.05) is 26.0 Å². The molecule has 1 amide bonds. The fourth-order valence-corrected chi connectivity index (χ4v) is 2.60. The molecule has 3 rings (SSSR count). The second-order valence-corrected chi connectivity index (χ2v) is 5.13. The van der Waals surface area contributed by atoms with E-state index in [4.69, 9.17) is 4.52 Å². The highest BCUT2D eigenvalue weighted by molar-refractivity contribution is 6.52. The Morgan fingerprint density at radius 3 is 2.55 bits per heavy atom. The molecule has 0 atom stereocenters. The lowest BCUT2D eigenvalue weighted by molar-refractivity contribution is -0.114. The molecule has 20 heavy (non-hydrogen) atoms. The molecule has 2 heterocycles. The van der Waals surface area contributed by atoms with Crippen molar-refractivity contribution in [2.24, 2.45) is 0 Å². The maximum atomic E-state index is 12.2. The zero-order chi connectivity index (χ0) is 14.4. The second kappa shape index (κ2) is 4.30. The van der Waals surface area contributed by atoms with E-state index in [2.05, 4.69) is 5.16 Å². The van der Waals surface area contributed by atoms with Crippen LogP contribution >= 0.6 is 0 Å². The number of Topliss-reactive ketones (excluding diaryl/α,β-unsaturated/α-hetero) is 1. The van der Waals surface area contributed by atoms with Gasteiger partial charge in [0, 0.05) is 6.07 Å². The Hall–Kier alpha value is -2.43. The number of hydrogen-bond donors (Lipinski definition) is 0. The Labute approximate surface area is 116 Å². The topological polar surface area (TPSA) is 63.4 Å². The summed E-state index contributed by atoms with van der Waals surface area (Å²) in [6.45, 7) is 5.83. The summed E-state index contributed by atoms with van der Waals surface area (Å²) in [7, 11) is 0. The first-order valence-corrected chi connectivity index (χ1v) is 6.37. The van der Waals surface area contributed by atoms with Gasteiger partial charge in [-0.3, -0.25) is 14.5 Å². The minimum Gasteiger partial charge on any atom is -0.361 e. The molecule has 1 aliphatic heterocycles. The van der Waals surface area contributed by atoms with Crippen LogP contribution in [0, 0.1) is 20.8 Å². The van der Waals surface area contributed by atoms with Crippen molar-refractivity contribution in [3.63, 3.8) is 0 Å². The maximum Gasteiger partial charge on any atom is 0.299 e. The van der Waals surface area contributed by atoms with Crippen molar-refractivity contribution in [1.29, 1.82) is 0 Å². The quantitative estimate of drug-likeness (QED) is 0.786. The molecule has 2 aromatic rings. The van der Waals surface area contributed by atoms with E-state index >= 15 is 0 Å². The predicted octanol–water partition coefficient (Wildman–Crippen LogP) is 2.33. The molecule has 0 fully saturated rings. The molecule has 0 aliphatic carbocycles. The normalized spacial score (nSPS) is 14.1. The van der Waals surface area contributed by atoms with Crippen LogP contribution in [0.4, 0.5) is 5.69 Å². The highest BCUT2D eigenvalue weighted by Crippen LogP contribution is 2.33. The number of anilines is 1. The van der Waals surface area contributed by atoms with E-state index in [-0.39, 0.29) is 6.54 Å². The van der Waals surface area contributed by atoms with E-state index in [1.165, 1.54) is 4.90 Å². The Kier molecular flexibility index (Phi) is 2.71. The van der Waals surface area contributed by atoms with E-state index in [0.29, 0.717) is 22.7 Å². The summed E-state index contributed by atoms with van der Waals surface area (Å²) in [6, 6.07) is 5.53. The standard InChI is InChI=1S/C15H14N2O3/c1-8-4-9(2)13-12(5-8)17(15(19)14(13)18)7-11-6-10(3)20-16-11/h4-6H,7H2,1-3H3. The lowest BCUT2D eigenvalue weighted by atomic mass is 10.0. The van der Waals surface area contributed by atoms with Crippen molar-refractivity contribution >= 4 is 17.4 Å². The molecule has 0 radical (unpaired) electrons. The van der Waals surface area contributed by atoms with Gasteiger partial charge in [-0.1, -0.05) is 11.2 Å². The number of nitrogens with zero attached hydrogens (tertiary/aromatic N) is 2. The average Bonchev–Trinajstić information content (AvgIpc) is 2.87. The first kappa shape index (κ1) is 12.6. The highest BCUT2D eigenvalue weighted by atomic mass is 16.5. The molecule has 1 aromatic heterocycles. The first-order chi connectivity index (χ1) is 9.47. The van der Waals surface area contributed by atoms with Crippen LogP contribution in [0.25, 0.3) is 0 Å². The van der Waals surface area contributed by atoms with Crippen LogP contribution in [0.15, 0.2) is 22.7 Å². The summed E-state index contributed by atoms with van der Waals surface area (Å²) in [4.78, 5) is 25.7. The summed E-state index contributed by atoms with van der Waals surface area (Å²) >= 11 is 0. The molecule has 1 aliphatic rings. The van der Waals surface area contributed by atoms with Crippen molar-refractivity contribution in [2.45, 2.75) is 27.3 Å². The molecule has 5 heteroatoms. The fourth-order valence-electron chi connectivity index (χ4n) is 2.60. The third kappa shape index (κ3) is 1.82. The van der Waals surface area contributed by atoms with Crippen LogP contribution in [0.5, 0.6) is 0 Å². The van der Waals surface area contributed by atoms with E-state index < -0.39 is 11.7 Å². The monoisotopic (exact) mass is 270 g/mol. The van der Waals surface area contributed by atoms with Gasteiger partial charge in [0.05, 0.1) is 17.8 Å². The third-order valence-corrected chi connectivity index (χ3v) is 3.41. The number of aryl methyl sites for hydroxylation is 3. The minimum atomic E-state index is -0.505. The minimum absolute atomic E-state index is 0.248. The largest absolute Gasteiger partial charge is 0.361 e. The molecule has 0 unspecified atom stereocenters. The fraction of sp³-hybridized carbons (Fsp3) is 0.267. The van der Waals surface area contributed by atoms with Gasteiger partial charge in [0.25, 0.3) is 11.7 Å². The summed E-state index contributed by atoms with van der Waals surface area (Å²) in [5.74, 6) is -0.273. The number of carbonyl (C=O) groups excluding carboxylic acids is 2. The van der Waals surface area contributed by atoms with Gasteiger partial charge in [-0.2, -0.15) is 0 Å². The molecule has 5 nitrogen and oxygen atoms in total. The van der Waals surface area contributed by atoms with E-state index in [9.17, 15) is 9.59 Å². The van der Waals surface area contributed by atoms with Crippen LogP contribution in [0.1, 0.15) is 32.9 Å². The number of amides is 1. The van der Waals surface area contributed by atoms with Gasteiger partial charge in [-0.15, -0.1) is 0 Å². The molecule has 0 saturated heterocycles. The highest BCUT2D eigenvalue weighted by Gasteiger charge is 2.37. The Bertz CT molecular complexity index is 731.